The smallest absolute Gasteiger partial charge is 0.526 e. The van der Waals surface area contributed by atoms with E-state index in [2.05, 4.69) is 12.2 Å². The first-order valence-corrected chi connectivity index (χ1v) is 8.56. The Bertz CT molecular complexity index is 636. The number of thioether (sulfide) groups is 1. The largest absolute Gasteiger partial charge is 0.535 e. The van der Waals surface area contributed by atoms with Crippen LogP contribution in [0, 0.1) is 5.92 Å². The maximum atomic E-state index is 11.8. The van der Waals surface area contributed by atoms with E-state index in [1.54, 1.807) is 11.8 Å². The Morgan fingerprint density at radius 1 is 1.50 bits per heavy atom. The topological polar surface area (TPSA) is 78.8 Å². The average Bonchev–Trinajstić information content (AvgIpc) is 3.16. The third-order valence-electron chi connectivity index (χ3n) is 5.00. The molecule has 2 fully saturated rings. The Labute approximate surface area is 133 Å². The number of hydrogen-bond donors (Lipinski definition) is 3. The second kappa shape index (κ2) is 5.18. The fourth-order valence-corrected chi connectivity index (χ4v) is 4.57. The fourth-order valence-electron chi connectivity index (χ4n) is 3.34. The van der Waals surface area contributed by atoms with Gasteiger partial charge >= 0.3 is 13.1 Å². The minimum Gasteiger partial charge on any atom is -0.535 e. The van der Waals surface area contributed by atoms with E-state index in [0.717, 1.165) is 30.0 Å². The zero-order chi connectivity index (χ0) is 15.4. The van der Waals surface area contributed by atoms with Crippen molar-refractivity contribution in [1.82, 2.24) is 5.32 Å². The van der Waals surface area contributed by atoms with Gasteiger partial charge in [-0.15, -0.1) is 11.8 Å². The standard InChI is InChI=1S/C15H18BNO4S/c1-7(8-5-17-6-8)22-12-3-2-9-10-4-11(10)16(20)21-14(9)13(12)15(18)19/h2-3,7-8,10-11,17,20H,4-6H2,1H3,(H,18,19)/t7-,10-,11-/m0/s1. The van der Waals surface area contributed by atoms with Crippen LogP contribution in [0.2, 0.25) is 5.82 Å². The van der Waals surface area contributed by atoms with E-state index in [1.807, 2.05) is 12.1 Å². The van der Waals surface area contributed by atoms with E-state index in [9.17, 15) is 14.9 Å². The van der Waals surface area contributed by atoms with Gasteiger partial charge < -0.3 is 20.1 Å². The Morgan fingerprint density at radius 3 is 2.91 bits per heavy atom. The molecule has 0 radical (unpaired) electrons. The highest BCUT2D eigenvalue weighted by atomic mass is 32.2. The number of benzene rings is 1. The van der Waals surface area contributed by atoms with Crippen molar-refractivity contribution in [3.05, 3.63) is 23.3 Å². The molecule has 7 heteroatoms. The van der Waals surface area contributed by atoms with E-state index < -0.39 is 13.1 Å². The average molecular weight is 319 g/mol. The van der Waals surface area contributed by atoms with Crippen LogP contribution in [0.15, 0.2) is 17.0 Å². The molecule has 1 aliphatic carbocycles. The lowest BCUT2D eigenvalue weighted by molar-refractivity contribution is 0.0690. The first kappa shape index (κ1) is 14.4. The van der Waals surface area contributed by atoms with Crippen molar-refractivity contribution in [1.29, 1.82) is 0 Å². The second-order valence-electron chi connectivity index (χ2n) is 6.42. The SMILES string of the molecule is C[C@H](Sc1ccc2c(c1C(=O)O)OB(O)[C@H]1C[C@@H]21)C1CNC1. The van der Waals surface area contributed by atoms with Gasteiger partial charge in [-0.2, -0.15) is 0 Å². The molecule has 2 heterocycles. The molecule has 22 heavy (non-hydrogen) atoms. The van der Waals surface area contributed by atoms with Crippen LogP contribution in [-0.4, -0.2) is 41.6 Å². The zero-order valence-electron chi connectivity index (χ0n) is 12.3. The van der Waals surface area contributed by atoms with Gasteiger partial charge in [0.2, 0.25) is 0 Å². The molecule has 1 saturated heterocycles. The molecule has 0 aromatic heterocycles. The van der Waals surface area contributed by atoms with Crippen LogP contribution >= 0.6 is 11.8 Å². The molecule has 5 nitrogen and oxygen atoms in total. The van der Waals surface area contributed by atoms with Crippen LogP contribution < -0.4 is 9.97 Å². The van der Waals surface area contributed by atoms with Crippen LogP contribution in [-0.2, 0) is 0 Å². The molecule has 3 atom stereocenters. The van der Waals surface area contributed by atoms with Gasteiger partial charge in [-0.25, -0.2) is 4.79 Å². The summed E-state index contributed by atoms with van der Waals surface area (Å²) in [5, 5.41) is 23.2. The van der Waals surface area contributed by atoms with Crippen molar-refractivity contribution in [2.75, 3.05) is 13.1 Å². The first-order chi connectivity index (χ1) is 10.6. The summed E-state index contributed by atoms with van der Waals surface area (Å²) in [6, 6.07) is 3.89. The van der Waals surface area contributed by atoms with Crippen molar-refractivity contribution in [2.45, 2.75) is 35.2 Å². The molecule has 1 aromatic rings. The highest BCUT2D eigenvalue weighted by molar-refractivity contribution is 8.00. The van der Waals surface area contributed by atoms with E-state index >= 15 is 0 Å². The van der Waals surface area contributed by atoms with E-state index in [-0.39, 0.29) is 17.3 Å². The van der Waals surface area contributed by atoms with Gasteiger partial charge in [0, 0.05) is 29.1 Å². The molecular weight excluding hydrogens is 301 g/mol. The lowest BCUT2D eigenvalue weighted by atomic mass is 9.77. The minimum atomic E-state index is -0.982. The summed E-state index contributed by atoms with van der Waals surface area (Å²) >= 11 is 1.59. The van der Waals surface area contributed by atoms with E-state index in [1.165, 1.54) is 0 Å². The molecule has 0 amide bonds. The summed E-state index contributed by atoms with van der Waals surface area (Å²) in [5.41, 5.74) is 1.15. The molecule has 3 aliphatic rings. The van der Waals surface area contributed by atoms with Gasteiger partial charge in [0.05, 0.1) is 0 Å². The van der Waals surface area contributed by atoms with Crippen molar-refractivity contribution in [3.8, 4) is 5.75 Å². The quantitative estimate of drug-likeness (QED) is 0.580. The third kappa shape index (κ3) is 2.23. The summed E-state index contributed by atoms with van der Waals surface area (Å²) in [6.45, 7) is 4.11. The van der Waals surface area contributed by atoms with E-state index in [4.69, 9.17) is 4.65 Å². The van der Waals surface area contributed by atoms with Gasteiger partial charge in [-0.05, 0) is 29.9 Å². The van der Waals surface area contributed by atoms with Crippen molar-refractivity contribution >= 4 is 24.8 Å². The summed E-state index contributed by atoms with van der Waals surface area (Å²) in [4.78, 5) is 12.5. The van der Waals surface area contributed by atoms with E-state index in [0.29, 0.717) is 16.9 Å². The van der Waals surface area contributed by atoms with Gasteiger partial charge in [0.1, 0.15) is 11.3 Å². The molecule has 0 unspecified atom stereocenters. The molecule has 0 bridgehead atoms. The highest BCUT2D eigenvalue weighted by Gasteiger charge is 2.54. The molecule has 116 valence electrons. The summed E-state index contributed by atoms with van der Waals surface area (Å²) < 4.78 is 5.55. The van der Waals surface area contributed by atoms with Crippen LogP contribution in [0.4, 0.5) is 0 Å². The van der Waals surface area contributed by atoms with Crippen molar-refractivity contribution < 1.29 is 19.6 Å². The summed E-state index contributed by atoms with van der Waals surface area (Å²) in [5.74, 6) is 0.353. The summed E-state index contributed by atoms with van der Waals surface area (Å²) in [6.07, 6.45) is 0.879. The lowest BCUT2D eigenvalue weighted by Gasteiger charge is -2.32. The Morgan fingerprint density at radius 2 is 2.27 bits per heavy atom. The van der Waals surface area contributed by atoms with Gasteiger partial charge in [0.25, 0.3) is 0 Å². The number of nitrogens with one attached hydrogen (secondary N) is 1. The Kier molecular flexibility index (Phi) is 3.40. The lowest BCUT2D eigenvalue weighted by Crippen LogP contribution is -2.46. The maximum absolute atomic E-state index is 11.8. The Hall–Kier alpha value is -1.18. The molecule has 2 aliphatic heterocycles. The van der Waals surface area contributed by atoms with Crippen LogP contribution in [0.25, 0.3) is 0 Å². The minimum absolute atomic E-state index is 0.132. The van der Waals surface area contributed by atoms with Gasteiger partial charge in [-0.1, -0.05) is 13.0 Å². The number of rotatable bonds is 4. The molecule has 1 saturated carbocycles. The maximum Gasteiger partial charge on any atom is 0.526 e. The number of carbonyl (C=O) groups is 1. The van der Waals surface area contributed by atoms with Crippen molar-refractivity contribution in [2.24, 2.45) is 5.92 Å². The molecular formula is C15H18BNO4S. The van der Waals surface area contributed by atoms with Crippen LogP contribution in [0.5, 0.6) is 5.75 Å². The van der Waals surface area contributed by atoms with Crippen LogP contribution in [0.3, 0.4) is 0 Å². The first-order valence-electron chi connectivity index (χ1n) is 7.68. The predicted octanol–water partition coefficient (Wildman–Crippen LogP) is 1.82. The number of aromatic carboxylic acids is 1. The molecule has 1 aromatic carbocycles. The summed E-state index contributed by atoms with van der Waals surface area (Å²) in [7, 11) is -0.871. The molecule has 0 spiro atoms. The number of fused-ring (bicyclic) bond motifs is 3. The zero-order valence-corrected chi connectivity index (χ0v) is 13.1. The number of carboxylic acid groups (broad SMARTS) is 1. The monoisotopic (exact) mass is 319 g/mol. The molecule has 4 rings (SSSR count). The third-order valence-corrected chi connectivity index (χ3v) is 6.35. The Balaban J connectivity index is 1.69. The predicted molar refractivity (Wildman–Crippen MR) is 84.8 cm³/mol. The highest BCUT2D eigenvalue weighted by Crippen LogP contribution is 2.60. The normalized spacial score (nSPS) is 27.3. The number of carboxylic acids is 1. The van der Waals surface area contributed by atoms with Crippen molar-refractivity contribution in [3.63, 3.8) is 0 Å². The van der Waals surface area contributed by atoms with Crippen LogP contribution in [0.1, 0.15) is 35.2 Å². The van der Waals surface area contributed by atoms with Gasteiger partial charge in [-0.3, -0.25) is 0 Å². The second-order valence-corrected chi connectivity index (χ2v) is 7.84. The fraction of sp³-hybridized carbons (Fsp3) is 0.533. The van der Waals surface area contributed by atoms with Gasteiger partial charge in [0.15, 0.2) is 0 Å². The molecule has 3 N–H and O–H groups in total. The number of hydrogen-bond acceptors (Lipinski definition) is 5.